The van der Waals surface area contributed by atoms with Crippen LogP contribution in [0, 0.1) is 13.8 Å². The minimum Gasteiger partial charge on any atom is -0.493 e. The minimum absolute atomic E-state index is 0.327. The minimum atomic E-state index is -0.327. The van der Waals surface area contributed by atoms with E-state index in [2.05, 4.69) is 19.9 Å². The summed E-state index contributed by atoms with van der Waals surface area (Å²) in [5.41, 5.74) is 3.50. The van der Waals surface area contributed by atoms with E-state index in [1.165, 1.54) is 11.1 Å². The Morgan fingerprint density at radius 1 is 1.33 bits per heavy atom. The Morgan fingerprint density at radius 2 is 2.00 bits per heavy atom. The van der Waals surface area contributed by atoms with E-state index in [-0.39, 0.29) is 6.10 Å². The maximum absolute atomic E-state index is 9.40. The third kappa shape index (κ3) is 2.96. The van der Waals surface area contributed by atoms with Crippen molar-refractivity contribution in [3.63, 3.8) is 0 Å². The van der Waals surface area contributed by atoms with E-state index in [4.69, 9.17) is 4.74 Å². The molecule has 1 N–H and O–H groups in total. The van der Waals surface area contributed by atoms with Crippen LogP contribution in [-0.2, 0) is 6.42 Å². The van der Waals surface area contributed by atoms with Gasteiger partial charge in [0.2, 0.25) is 0 Å². The molecule has 2 heteroatoms. The van der Waals surface area contributed by atoms with Gasteiger partial charge in [0.15, 0.2) is 0 Å². The molecule has 1 rings (SSSR count). The van der Waals surface area contributed by atoms with Gasteiger partial charge in [-0.2, -0.15) is 0 Å². The normalized spacial score (nSPS) is 12.6. The van der Waals surface area contributed by atoms with Crippen molar-refractivity contribution in [1.82, 2.24) is 0 Å². The van der Waals surface area contributed by atoms with Gasteiger partial charge >= 0.3 is 0 Å². The van der Waals surface area contributed by atoms with Crippen LogP contribution < -0.4 is 4.74 Å². The van der Waals surface area contributed by atoms with Crippen molar-refractivity contribution in [2.75, 3.05) is 6.61 Å². The fourth-order valence-corrected chi connectivity index (χ4v) is 1.67. The predicted octanol–water partition coefficient (Wildman–Crippen LogP) is 2.63. The standard InChI is InChI=1S/C13H20O2/c1-5-15-13-11(4)9(2)6-7-12(13)8-10(3)14/h6-7,10,14H,5,8H2,1-4H3. The van der Waals surface area contributed by atoms with Gasteiger partial charge in [0.1, 0.15) is 5.75 Å². The Bertz CT molecular complexity index is 330. The second kappa shape index (κ2) is 5.17. The first-order chi connectivity index (χ1) is 7.06. The zero-order valence-corrected chi connectivity index (χ0v) is 10.0. The molecule has 0 aliphatic rings. The van der Waals surface area contributed by atoms with Gasteiger partial charge in [0, 0.05) is 6.42 Å². The summed E-state index contributed by atoms with van der Waals surface area (Å²) >= 11 is 0. The average molecular weight is 208 g/mol. The molecule has 0 fully saturated rings. The largest absolute Gasteiger partial charge is 0.493 e. The van der Waals surface area contributed by atoms with E-state index < -0.39 is 0 Å². The van der Waals surface area contributed by atoms with Gasteiger partial charge in [0.05, 0.1) is 12.7 Å². The Hall–Kier alpha value is -1.02. The van der Waals surface area contributed by atoms with E-state index in [9.17, 15) is 5.11 Å². The van der Waals surface area contributed by atoms with Gasteiger partial charge in [-0.15, -0.1) is 0 Å². The van der Waals surface area contributed by atoms with E-state index in [0.717, 1.165) is 11.3 Å². The highest BCUT2D eigenvalue weighted by Gasteiger charge is 2.10. The zero-order chi connectivity index (χ0) is 11.4. The average Bonchev–Trinajstić information content (AvgIpc) is 2.17. The highest BCUT2D eigenvalue weighted by Crippen LogP contribution is 2.27. The molecule has 0 heterocycles. The van der Waals surface area contributed by atoms with Crippen LogP contribution in [0.2, 0.25) is 0 Å². The summed E-state index contributed by atoms with van der Waals surface area (Å²) in [5.74, 6) is 0.943. The van der Waals surface area contributed by atoms with Crippen molar-refractivity contribution in [2.24, 2.45) is 0 Å². The van der Waals surface area contributed by atoms with Crippen LogP contribution in [0.4, 0.5) is 0 Å². The molecule has 2 nitrogen and oxygen atoms in total. The number of benzene rings is 1. The fourth-order valence-electron chi connectivity index (χ4n) is 1.67. The van der Waals surface area contributed by atoms with Gasteiger partial charge in [-0.3, -0.25) is 0 Å². The van der Waals surface area contributed by atoms with Gasteiger partial charge in [-0.05, 0) is 44.4 Å². The number of aryl methyl sites for hydroxylation is 1. The first kappa shape index (κ1) is 12.1. The molecular weight excluding hydrogens is 188 g/mol. The molecule has 1 aromatic carbocycles. The van der Waals surface area contributed by atoms with Crippen LogP contribution in [0.3, 0.4) is 0 Å². The second-order valence-corrected chi connectivity index (χ2v) is 3.98. The zero-order valence-electron chi connectivity index (χ0n) is 10.0. The van der Waals surface area contributed by atoms with Crippen LogP contribution >= 0.6 is 0 Å². The van der Waals surface area contributed by atoms with Crippen LogP contribution in [0.1, 0.15) is 30.5 Å². The van der Waals surface area contributed by atoms with Crippen LogP contribution in [0.25, 0.3) is 0 Å². The summed E-state index contributed by atoms with van der Waals surface area (Å²) in [6, 6.07) is 4.12. The first-order valence-corrected chi connectivity index (χ1v) is 5.46. The topological polar surface area (TPSA) is 29.5 Å². The quantitative estimate of drug-likeness (QED) is 0.824. The van der Waals surface area contributed by atoms with Crippen LogP contribution in [0.15, 0.2) is 12.1 Å². The lowest BCUT2D eigenvalue weighted by Gasteiger charge is -2.15. The number of hydrogen-bond acceptors (Lipinski definition) is 2. The lowest BCUT2D eigenvalue weighted by molar-refractivity contribution is 0.193. The second-order valence-electron chi connectivity index (χ2n) is 3.98. The maximum Gasteiger partial charge on any atom is 0.125 e. The molecule has 1 unspecified atom stereocenters. The van der Waals surface area contributed by atoms with E-state index in [1.54, 1.807) is 6.92 Å². The highest BCUT2D eigenvalue weighted by molar-refractivity contribution is 5.45. The van der Waals surface area contributed by atoms with Crippen molar-refractivity contribution in [1.29, 1.82) is 0 Å². The van der Waals surface area contributed by atoms with Crippen molar-refractivity contribution < 1.29 is 9.84 Å². The molecule has 0 amide bonds. The molecule has 0 aromatic heterocycles. The molecule has 0 bridgehead atoms. The summed E-state index contributed by atoms with van der Waals surface area (Å²) in [5, 5.41) is 9.40. The fraction of sp³-hybridized carbons (Fsp3) is 0.538. The van der Waals surface area contributed by atoms with E-state index in [0.29, 0.717) is 13.0 Å². The van der Waals surface area contributed by atoms with Gasteiger partial charge in [-0.1, -0.05) is 12.1 Å². The van der Waals surface area contributed by atoms with Gasteiger partial charge in [-0.25, -0.2) is 0 Å². The summed E-state index contributed by atoms with van der Waals surface area (Å²) < 4.78 is 5.64. The monoisotopic (exact) mass is 208 g/mol. The van der Waals surface area contributed by atoms with E-state index >= 15 is 0 Å². The molecule has 1 aromatic rings. The van der Waals surface area contributed by atoms with Crippen molar-refractivity contribution >= 4 is 0 Å². The molecule has 0 aliphatic carbocycles. The van der Waals surface area contributed by atoms with E-state index in [1.807, 2.05) is 13.0 Å². The molecular formula is C13H20O2. The first-order valence-electron chi connectivity index (χ1n) is 5.46. The lowest BCUT2D eigenvalue weighted by Crippen LogP contribution is -2.08. The number of aliphatic hydroxyl groups excluding tert-OH is 1. The SMILES string of the molecule is CCOc1c(CC(C)O)ccc(C)c1C. The Morgan fingerprint density at radius 3 is 2.53 bits per heavy atom. The third-order valence-corrected chi connectivity index (χ3v) is 2.56. The van der Waals surface area contributed by atoms with Crippen LogP contribution in [-0.4, -0.2) is 17.8 Å². The summed E-state index contributed by atoms with van der Waals surface area (Å²) in [6.45, 7) is 8.58. The number of hydrogen-bond donors (Lipinski definition) is 1. The molecule has 0 spiro atoms. The molecule has 0 saturated carbocycles. The lowest BCUT2D eigenvalue weighted by atomic mass is 10.0. The Balaban J connectivity index is 3.08. The molecule has 1 atom stereocenters. The smallest absolute Gasteiger partial charge is 0.125 e. The highest BCUT2D eigenvalue weighted by atomic mass is 16.5. The summed E-state index contributed by atoms with van der Waals surface area (Å²) in [7, 11) is 0. The Labute approximate surface area is 91.9 Å². The Kier molecular flexibility index (Phi) is 4.15. The number of ether oxygens (including phenoxy) is 1. The summed E-state index contributed by atoms with van der Waals surface area (Å²) in [4.78, 5) is 0. The van der Waals surface area contributed by atoms with Gasteiger partial charge < -0.3 is 9.84 Å². The van der Waals surface area contributed by atoms with Crippen LogP contribution in [0.5, 0.6) is 5.75 Å². The molecule has 0 aliphatic heterocycles. The van der Waals surface area contributed by atoms with Gasteiger partial charge in [0.25, 0.3) is 0 Å². The van der Waals surface area contributed by atoms with Crippen molar-refractivity contribution in [2.45, 2.75) is 40.2 Å². The number of rotatable bonds is 4. The molecule has 0 radical (unpaired) electrons. The summed E-state index contributed by atoms with van der Waals surface area (Å²) in [6.07, 6.45) is 0.322. The predicted molar refractivity (Wildman–Crippen MR) is 62.5 cm³/mol. The third-order valence-electron chi connectivity index (χ3n) is 2.56. The molecule has 0 saturated heterocycles. The molecule has 15 heavy (non-hydrogen) atoms. The van der Waals surface area contributed by atoms with Crippen molar-refractivity contribution in [3.8, 4) is 5.75 Å². The maximum atomic E-state index is 9.40. The number of aliphatic hydroxyl groups is 1. The van der Waals surface area contributed by atoms with Crippen molar-refractivity contribution in [3.05, 3.63) is 28.8 Å². The molecule has 84 valence electrons.